The predicted molar refractivity (Wildman–Crippen MR) is 60.1 cm³/mol. The molecule has 4 unspecified atom stereocenters. The quantitative estimate of drug-likeness (QED) is 0.792. The van der Waals surface area contributed by atoms with Gasteiger partial charge in [0.1, 0.15) is 5.82 Å². The van der Waals surface area contributed by atoms with Gasteiger partial charge >= 0.3 is 0 Å². The zero-order chi connectivity index (χ0) is 11.0. The molecule has 0 saturated heterocycles. The molecule has 0 spiro atoms. The standard InChI is InChI=1S/C13H18FN/c1-3-11-12(8(2)13(11)15)9-4-6-10(14)7-5-9/h4-8,11-13H,3,15H2,1-2H3. The minimum atomic E-state index is -0.164. The number of nitrogens with two attached hydrogens (primary N) is 1. The molecular formula is C13H18FN. The molecule has 1 nitrogen and oxygen atoms in total. The number of halogens is 1. The maximum Gasteiger partial charge on any atom is 0.123 e. The van der Waals surface area contributed by atoms with Crippen molar-refractivity contribution in [2.24, 2.45) is 17.6 Å². The second kappa shape index (κ2) is 3.93. The van der Waals surface area contributed by atoms with Gasteiger partial charge in [-0.3, -0.25) is 0 Å². The van der Waals surface area contributed by atoms with Crippen LogP contribution in [0.2, 0.25) is 0 Å². The third-order valence-corrected chi connectivity index (χ3v) is 3.86. The maximum absolute atomic E-state index is 12.8. The second-order valence-electron chi connectivity index (χ2n) is 4.59. The van der Waals surface area contributed by atoms with Crippen molar-refractivity contribution in [3.05, 3.63) is 35.6 Å². The van der Waals surface area contributed by atoms with Gasteiger partial charge in [0.2, 0.25) is 0 Å². The lowest BCUT2D eigenvalue weighted by atomic mass is 9.58. The fourth-order valence-electron chi connectivity index (χ4n) is 2.88. The van der Waals surface area contributed by atoms with Crippen molar-refractivity contribution < 1.29 is 4.39 Å². The molecule has 1 aromatic rings. The van der Waals surface area contributed by atoms with Crippen LogP contribution in [0.1, 0.15) is 31.7 Å². The van der Waals surface area contributed by atoms with Gasteiger partial charge < -0.3 is 5.73 Å². The SMILES string of the molecule is CCC1C(N)C(C)C1c1ccc(F)cc1. The third-order valence-electron chi connectivity index (χ3n) is 3.86. The Morgan fingerprint density at radius 3 is 2.40 bits per heavy atom. The van der Waals surface area contributed by atoms with E-state index in [9.17, 15) is 4.39 Å². The summed E-state index contributed by atoms with van der Waals surface area (Å²) in [6.45, 7) is 4.36. The Balaban J connectivity index is 2.20. The molecule has 0 radical (unpaired) electrons. The largest absolute Gasteiger partial charge is 0.327 e. The highest BCUT2D eigenvalue weighted by atomic mass is 19.1. The van der Waals surface area contributed by atoms with Crippen LogP contribution >= 0.6 is 0 Å². The van der Waals surface area contributed by atoms with Gasteiger partial charge in [-0.05, 0) is 35.4 Å². The summed E-state index contributed by atoms with van der Waals surface area (Å²) in [6, 6.07) is 7.18. The smallest absolute Gasteiger partial charge is 0.123 e. The van der Waals surface area contributed by atoms with Crippen LogP contribution in [0, 0.1) is 17.7 Å². The fraction of sp³-hybridized carbons (Fsp3) is 0.538. The lowest BCUT2D eigenvalue weighted by Crippen LogP contribution is -2.53. The minimum absolute atomic E-state index is 0.164. The van der Waals surface area contributed by atoms with Crippen molar-refractivity contribution in [2.45, 2.75) is 32.2 Å². The molecule has 1 aliphatic rings. The predicted octanol–water partition coefficient (Wildman–Crippen LogP) is 2.91. The van der Waals surface area contributed by atoms with Crippen LogP contribution in [-0.2, 0) is 0 Å². The average Bonchev–Trinajstić information content (AvgIpc) is 2.26. The second-order valence-corrected chi connectivity index (χ2v) is 4.59. The Bertz CT molecular complexity index is 333. The molecular weight excluding hydrogens is 189 g/mol. The lowest BCUT2D eigenvalue weighted by Gasteiger charge is -2.49. The molecule has 1 aliphatic carbocycles. The summed E-state index contributed by atoms with van der Waals surface area (Å²) in [4.78, 5) is 0. The van der Waals surface area contributed by atoms with Gasteiger partial charge in [-0.2, -0.15) is 0 Å². The van der Waals surface area contributed by atoms with E-state index in [-0.39, 0.29) is 5.82 Å². The summed E-state index contributed by atoms with van der Waals surface area (Å²) in [5, 5.41) is 0. The van der Waals surface area contributed by atoms with Gasteiger partial charge in [-0.15, -0.1) is 0 Å². The van der Waals surface area contributed by atoms with E-state index in [0.29, 0.717) is 23.8 Å². The minimum Gasteiger partial charge on any atom is -0.327 e. The van der Waals surface area contributed by atoms with Gasteiger partial charge in [-0.1, -0.05) is 32.4 Å². The van der Waals surface area contributed by atoms with Crippen LogP contribution in [0.3, 0.4) is 0 Å². The molecule has 0 heterocycles. The van der Waals surface area contributed by atoms with Crippen LogP contribution in [0.4, 0.5) is 4.39 Å². The highest BCUT2D eigenvalue weighted by Gasteiger charge is 2.44. The average molecular weight is 207 g/mol. The first-order valence-electron chi connectivity index (χ1n) is 5.66. The van der Waals surface area contributed by atoms with Crippen molar-refractivity contribution in [3.63, 3.8) is 0 Å². The molecule has 15 heavy (non-hydrogen) atoms. The maximum atomic E-state index is 12.8. The van der Waals surface area contributed by atoms with Gasteiger partial charge in [-0.25, -0.2) is 4.39 Å². The van der Waals surface area contributed by atoms with E-state index >= 15 is 0 Å². The van der Waals surface area contributed by atoms with Crippen molar-refractivity contribution in [2.75, 3.05) is 0 Å². The molecule has 0 aromatic heterocycles. The monoisotopic (exact) mass is 207 g/mol. The third kappa shape index (κ3) is 1.67. The molecule has 82 valence electrons. The van der Waals surface area contributed by atoms with Crippen LogP contribution in [0.15, 0.2) is 24.3 Å². The Morgan fingerprint density at radius 1 is 1.27 bits per heavy atom. The van der Waals surface area contributed by atoms with E-state index < -0.39 is 0 Å². The zero-order valence-corrected chi connectivity index (χ0v) is 9.28. The van der Waals surface area contributed by atoms with E-state index in [0.717, 1.165) is 6.42 Å². The normalized spacial score (nSPS) is 34.9. The first-order valence-corrected chi connectivity index (χ1v) is 5.66. The molecule has 1 aromatic carbocycles. The Kier molecular flexibility index (Phi) is 2.79. The first-order chi connectivity index (χ1) is 7.15. The summed E-state index contributed by atoms with van der Waals surface area (Å²) in [5.74, 6) is 1.43. The van der Waals surface area contributed by atoms with Gasteiger partial charge in [0.05, 0.1) is 0 Å². The van der Waals surface area contributed by atoms with Crippen molar-refractivity contribution >= 4 is 0 Å². The van der Waals surface area contributed by atoms with Crippen LogP contribution in [-0.4, -0.2) is 6.04 Å². The van der Waals surface area contributed by atoms with E-state index in [1.165, 1.54) is 5.56 Å². The van der Waals surface area contributed by atoms with Crippen molar-refractivity contribution in [1.82, 2.24) is 0 Å². The molecule has 1 fully saturated rings. The van der Waals surface area contributed by atoms with E-state index in [1.54, 1.807) is 12.1 Å². The Morgan fingerprint density at radius 2 is 1.87 bits per heavy atom. The topological polar surface area (TPSA) is 26.0 Å². The summed E-state index contributed by atoms with van der Waals surface area (Å²) in [6.07, 6.45) is 1.10. The molecule has 0 amide bonds. The summed E-state index contributed by atoms with van der Waals surface area (Å²) < 4.78 is 12.8. The van der Waals surface area contributed by atoms with Crippen molar-refractivity contribution in [1.29, 1.82) is 0 Å². The molecule has 1 saturated carbocycles. The molecule has 4 atom stereocenters. The number of hydrogen-bond acceptors (Lipinski definition) is 1. The van der Waals surface area contributed by atoms with Crippen LogP contribution in [0.25, 0.3) is 0 Å². The molecule has 0 bridgehead atoms. The summed E-state index contributed by atoms with van der Waals surface area (Å²) in [5.41, 5.74) is 7.29. The van der Waals surface area contributed by atoms with Gasteiger partial charge in [0.25, 0.3) is 0 Å². The molecule has 0 aliphatic heterocycles. The zero-order valence-electron chi connectivity index (χ0n) is 9.28. The first kappa shape index (κ1) is 10.6. The molecule has 2 N–H and O–H groups in total. The van der Waals surface area contributed by atoms with Gasteiger partial charge in [0.15, 0.2) is 0 Å². The van der Waals surface area contributed by atoms with Crippen molar-refractivity contribution in [3.8, 4) is 0 Å². The van der Waals surface area contributed by atoms with Crippen LogP contribution in [0.5, 0.6) is 0 Å². The number of benzene rings is 1. The highest BCUT2D eigenvalue weighted by Crippen LogP contribution is 2.48. The van der Waals surface area contributed by atoms with Gasteiger partial charge in [0, 0.05) is 6.04 Å². The fourth-order valence-corrected chi connectivity index (χ4v) is 2.88. The van der Waals surface area contributed by atoms with E-state index in [1.807, 2.05) is 12.1 Å². The summed E-state index contributed by atoms with van der Waals surface area (Å²) >= 11 is 0. The lowest BCUT2D eigenvalue weighted by molar-refractivity contribution is 0.109. The Hall–Kier alpha value is -0.890. The van der Waals surface area contributed by atoms with E-state index in [4.69, 9.17) is 5.73 Å². The number of hydrogen-bond donors (Lipinski definition) is 1. The highest BCUT2D eigenvalue weighted by molar-refractivity contribution is 5.26. The Labute approximate surface area is 90.5 Å². The number of rotatable bonds is 2. The summed E-state index contributed by atoms with van der Waals surface area (Å²) in [7, 11) is 0. The van der Waals surface area contributed by atoms with E-state index in [2.05, 4.69) is 13.8 Å². The molecule has 2 heteroatoms. The molecule has 2 rings (SSSR count). The van der Waals surface area contributed by atoms with Crippen LogP contribution < -0.4 is 5.73 Å².